The third kappa shape index (κ3) is 5.91. The Bertz CT molecular complexity index is 313. The quantitative estimate of drug-likeness (QED) is 0.362. The van der Waals surface area contributed by atoms with Gasteiger partial charge in [-0.05, 0) is 19.3 Å². The SMILES string of the molecule is CCCCCCCCCCCC(C)C1(C(=O)N(C)CC)CO1. The molecule has 1 amide bonds. The van der Waals surface area contributed by atoms with E-state index in [1.807, 2.05) is 14.0 Å². The Morgan fingerprint density at radius 1 is 1.05 bits per heavy atom. The highest BCUT2D eigenvalue weighted by molar-refractivity contribution is 5.87. The summed E-state index contributed by atoms with van der Waals surface area (Å²) < 4.78 is 5.58. The van der Waals surface area contributed by atoms with Crippen molar-refractivity contribution >= 4 is 5.91 Å². The number of unbranched alkanes of at least 4 members (excludes halogenated alkanes) is 8. The molecule has 3 heteroatoms. The van der Waals surface area contributed by atoms with Crippen LogP contribution < -0.4 is 0 Å². The lowest BCUT2D eigenvalue weighted by Crippen LogP contribution is -2.43. The number of likely N-dealkylation sites (N-methyl/N-ethyl adjacent to an activating group) is 1. The average molecular weight is 312 g/mol. The molecule has 2 unspecified atom stereocenters. The highest BCUT2D eigenvalue weighted by atomic mass is 16.6. The monoisotopic (exact) mass is 311 g/mol. The summed E-state index contributed by atoms with van der Waals surface area (Å²) in [5, 5.41) is 0. The first-order chi connectivity index (χ1) is 10.6. The molecule has 0 spiro atoms. The third-order valence-corrected chi connectivity index (χ3v) is 5.18. The first-order valence-electron chi connectivity index (χ1n) is 9.48. The van der Waals surface area contributed by atoms with Gasteiger partial charge in [-0.3, -0.25) is 4.79 Å². The van der Waals surface area contributed by atoms with Crippen LogP contribution in [0.1, 0.15) is 85.0 Å². The van der Waals surface area contributed by atoms with Gasteiger partial charge in [-0.2, -0.15) is 0 Å². The van der Waals surface area contributed by atoms with E-state index in [-0.39, 0.29) is 5.91 Å². The van der Waals surface area contributed by atoms with Gasteiger partial charge in [-0.25, -0.2) is 0 Å². The number of ether oxygens (including phenoxy) is 1. The average Bonchev–Trinajstić information content (AvgIpc) is 3.33. The van der Waals surface area contributed by atoms with Crippen LogP contribution in [0.15, 0.2) is 0 Å². The minimum absolute atomic E-state index is 0.179. The first kappa shape index (κ1) is 19.5. The van der Waals surface area contributed by atoms with Crippen LogP contribution in [-0.2, 0) is 9.53 Å². The molecule has 0 aliphatic carbocycles. The largest absolute Gasteiger partial charge is 0.359 e. The Morgan fingerprint density at radius 2 is 1.55 bits per heavy atom. The van der Waals surface area contributed by atoms with Gasteiger partial charge in [0.25, 0.3) is 5.91 Å². The number of carbonyl (C=O) groups is 1. The molecule has 1 aliphatic rings. The molecule has 3 nitrogen and oxygen atoms in total. The van der Waals surface area contributed by atoms with Crippen LogP contribution >= 0.6 is 0 Å². The van der Waals surface area contributed by atoms with E-state index < -0.39 is 5.60 Å². The summed E-state index contributed by atoms with van der Waals surface area (Å²) in [4.78, 5) is 14.2. The van der Waals surface area contributed by atoms with Gasteiger partial charge < -0.3 is 9.64 Å². The smallest absolute Gasteiger partial charge is 0.257 e. The summed E-state index contributed by atoms with van der Waals surface area (Å²) >= 11 is 0. The van der Waals surface area contributed by atoms with Gasteiger partial charge in [0.05, 0.1) is 6.61 Å². The van der Waals surface area contributed by atoms with E-state index in [2.05, 4.69) is 13.8 Å². The number of nitrogens with zero attached hydrogens (tertiary/aromatic N) is 1. The summed E-state index contributed by atoms with van der Waals surface area (Å²) in [7, 11) is 1.87. The second-order valence-corrected chi connectivity index (χ2v) is 7.02. The third-order valence-electron chi connectivity index (χ3n) is 5.18. The lowest BCUT2D eigenvalue weighted by atomic mass is 9.88. The van der Waals surface area contributed by atoms with Crippen molar-refractivity contribution < 1.29 is 9.53 Å². The van der Waals surface area contributed by atoms with E-state index in [0.717, 1.165) is 13.0 Å². The predicted octanol–water partition coefficient (Wildman–Crippen LogP) is 4.79. The lowest BCUT2D eigenvalue weighted by Gasteiger charge is -2.24. The van der Waals surface area contributed by atoms with Gasteiger partial charge in [0.1, 0.15) is 0 Å². The molecule has 0 saturated carbocycles. The van der Waals surface area contributed by atoms with Crippen LogP contribution in [-0.4, -0.2) is 36.6 Å². The molecule has 0 bridgehead atoms. The molecule has 1 rings (SSSR count). The van der Waals surface area contributed by atoms with E-state index in [1.54, 1.807) is 4.90 Å². The van der Waals surface area contributed by atoms with Gasteiger partial charge >= 0.3 is 0 Å². The van der Waals surface area contributed by atoms with E-state index >= 15 is 0 Å². The van der Waals surface area contributed by atoms with Crippen molar-refractivity contribution in [3.8, 4) is 0 Å². The summed E-state index contributed by atoms with van der Waals surface area (Å²) in [5.74, 6) is 0.525. The molecule has 22 heavy (non-hydrogen) atoms. The van der Waals surface area contributed by atoms with Crippen molar-refractivity contribution in [2.75, 3.05) is 20.2 Å². The van der Waals surface area contributed by atoms with Crippen molar-refractivity contribution in [2.24, 2.45) is 5.92 Å². The van der Waals surface area contributed by atoms with Crippen LogP contribution in [0.25, 0.3) is 0 Å². The number of hydrogen-bond donors (Lipinski definition) is 0. The maximum absolute atomic E-state index is 12.4. The van der Waals surface area contributed by atoms with Gasteiger partial charge in [0, 0.05) is 13.6 Å². The second-order valence-electron chi connectivity index (χ2n) is 7.02. The zero-order chi connectivity index (χ0) is 16.4. The number of hydrogen-bond acceptors (Lipinski definition) is 2. The Morgan fingerprint density at radius 3 is 2.00 bits per heavy atom. The fourth-order valence-corrected chi connectivity index (χ4v) is 3.16. The lowest BCUT2D eigenvalue weighted by molar-refractivity contribution is -0.137. The summed E-state index contributed by atoms with van der Waals surface area (Å²) in [6.07, 6.45) is 13.3. The highest BCUT2D eigenvalue weighted by Gasteiger charge is 2.56. The molecule has 0 N–H and O–H groups in total. The normalized spacial score (nSPS) is 21.6. The van der Waals surface area contributed by atoms with Crippen molar-refractivity contribution in [3.63, 3.8) is 0 Å². The number of carbonyl (C=O) groups excluding carboxylic acids is 1. The second kappa shape index (κ2) is 10.3. The molecule has 0 aromatic carbocycles. The molecular weight excluding hydrogens is 274 g/mol. The summed E-state index contributed by atoms with van der Waals surface area (Å²) in [5.41, 5.74) is -0.481. The van der Waals surface area contributed by atoms with E-state index in [9.17, 15) is 4.79 Å². The van der Waals surface area contributed by atoms with Crippen molar-refractivity contribution in [1.29, 1.82) is 0 Å². The standard InChI is InChI=1S/C19H37NO2/c1-5-7-8-9-10-11-12-13-14-15-17(3)19(16-22-19)18(21)20(4)6-2/h17H,5-16H2,1-4H3. The number of epoxide rings is 1. The van der Waals surface area contributed by atoms with E-state index in [4.69, 9.17) is 4.74 Å². The zero-order valence-corrected chi connectivity index (χ0v) is 15.3. The van der Waals surface area contributed by atoms with Crippen LogP contribution in [0, 0.1) is 5.92 Å². The highest BCUT2D eigenvalue weighted by Crippen LogP contribution is 2.39. The Balaban J connectivity index is 2.08. The fourth-order valence-electron chi connectivity index (χ4n) is 3.16. The van der Waals surface area contributed by atoms with Crippen LogP contribution in [0.5, 0.6) is 0 Å². The first-order valence-corrected chi connectivity index (χ1v) is 9.48. The number of amides is 1. The molecule has 1 aliphatic heterocycles. The maximum atomic E-state index is 12.4. The Labute approximate surface area is 137 Å². The van der Waals surface area contributed by atoms with Gasteiger partial charge in [0.2, 0.25) is 0 Å². The summed E-state index contributed by atoms with van der Waals surface area (Å²) in [6, 6.07) is 0. The Kier molecular flexibility index (Phi) is 9.08. The minimum atomic E-state index is -0.481. The summed E-state index contributed by atoms with van der Waals surface area (Å²) in [6.45, 7) is 7.84. The molecule has 1 saturated heterocycles. The molecule has 1 fully saturated rings. The topological polar surface area (TPSA) is 32.8 Å². The predicted molar refractivity (Wildman–Crippen MR) is 93.0 cm³/mol. The molecule has 0 aromatic rings. The zero-order valence-electron chi connectivity index (χ0n) is 15.3. The van der Waals surface area contributed by atoms with Crippen molar-refractivity contribution in [1.82, 2.24) is 4.90 Å². The Hall–Kier alpha value is -0.570. The molecule has 1 heterocycles. The molecule has 130 valence electrons. The van der Waals surface area contributed by atoms with Crippen LogP contribution in [0.3, 0.4) is 0 Å². The van der Waals surface area contributed by atoms with E-state index in [0.29, 0.717) is 12.5 Å². The molecule has 2 atom stereocenters. The van der Waals surface area contributed by atoms with Crippen LogP contribution in [0.2, 0.25) is 0 Å². The van der Waals surface area contributed by atoms with Crippen LogP contribution in [0.4, 0.5) is 0 Å². The van der Waals surface area contributed by atoms with Gasteiger partial charge in [0.15, 0.2) is 5.60 Å². The van der Waals surface area contributed by atoms with Crippen molar-refractivity contribution in [3.05, 3.63) is 0 Å². The molecule has 0 aromatic heterocycles. The minimum Gasteiger partial charge on any atom is -0.359 e. The maximum Gasteiger partial charge on any atom is 0.257 e. The van der Waals surface area contributed by atoms with Gasteiger partial charge in [-0.1, -0.05) is 71.6 Å². The fraction of sp³-hybridized carbons (Fsp3) is 0.947. The van der Waals surface area contributed by atoms with Crippen molar-refractivity contribution in [2.45, 2.75) is 90.6 Å². The van der Waals surface area contributed by atoms with Gasteiger partial charge in [-0.15, -0.1) is 0 Å². The molecular formula is C19H37NO2. The molecule has 0 radical (unpaired) electrons. The van der Waals surface area contributed by atoms with E-state index in [1.165, 1.54) is 57.8 Å². The number of rotatable bonds is 13.